The average molecular weight is 324 g/mol. The highest BCUT2D eigenvalue weighted by atomic mass is 35.5. The maximum absolute atomic E-state index is 12.1. The van der Waals surface area contributed by atoms with Gasteiger partial charge in [0.05, 0.1) is 5.69 Å². The summed E-state index contributed by atoms with van der Waals surface area (Å²) in [5.74, 6) is 0.226. The van der Waals surface area contributed by atoms with Gasteiger partial charge in [-0.3, -0.25) is 9.59 Å². The summed E-state index contributed by atoms with van der Waals surface area (Å²) in [5, 5.41) is 8.82. The fourth-order valence-corrected chi connectivity index (χ4v) is 2.35. The summed E-state index contributed by atoms with van der Waals surface area (Å²) in [5.41, 5.74) is 2.28. The molecule has 0 bridgehead atoms. The van der Waals surface area contributed by atoms with Crippen LogP contribution >= 0.6 is 12.4 Å². The molecule has 0 saturated carbocycles. The van der Waals surface area contributed by atoms with E-state index in [9.17, 15) is 9.59 Å². The molecule has 2 aliphatic rings. The molecule has 22 heavy (non-hydrogen) atoms. The van der Waals surface area contributed by atoms with Crippen molar-refractivity contribution in [3.05, 3.63) is 35.4 Å². The Kier molecular flexibility index (Phi) is 5.41. The molecule has 0 spiro atoms. The first-order chi connectivity index (χ1) is 10.2. The van der Waals surface area contributed by atoms with E-state index in [0.717, 1.165) is 19.5 Å². The van der Waals surface area contributed by atoms with E-state index in [0.29, 0.717) is 23.5 Å². The maximum atomic E-state index is 12.1. The van der Waals surface area contributed by atoms with Gasteiger partial charge in [0.15, 0.2) is 6.61 Å². The second-order valence-corrected chi connectivity index (χ2v) is 5.05. The fraction of sp³-hybridized carbons (Fsp3) is 0.333. The summed E-state index contributed by atoms with van der Waals surface area (Å²) in [7, 11) is 0. The van der Waals surface area contributed by atoms with Crippen LogP contribution in [0.4, 0.5) is 5.69 Å². The molecule has 2 aliphatic heterocycles. The van der Waals surface area contributed by atoms with Gasteiger partial charge in [-0.1, -0.05) is 11.6 Å². The monoisotopic (exact) mass is 323 g/mol. The molecule has 0 fully saturated rings. The highest BCUT2D eigenvalue weighted by Gasteiger charge is 2.17. The van der Waals surface area contributed by atoms with Crippen molar-refractivity contribution in [1.29, 1.82) is 0 Å². The highest BCUT2D eigenvalue weighted by Crippen LogP contribution is 2.28. The Balaban J connectivity index is 0.00000176. The van der Waals surface area contributed by atoms with Crippen molar-refractivity contribution in [2.24, 2.45) is 0 Å². The van der Waals surface area contributed by atoms with Crippen molar-refractivity contribution in [3.8, 4) is 5.75 Å². The number of benzene rings is 1. The van der Waals surface area contributed by atoms with Crippen molar-refractivity contribution in [2.45, 2.75) is 6.42 Å². The van der Waals surface area contributed by atoms with Crippen LogP contribution in [0.5, 0.6) is 5.75 Å². The first-order valence-corrected chi connectivity index (χ1v) is 6.96. The van der Waals surface area contributed by atoms with Crippen LogP contribution in [0.2, 0.25) is 0 Å². The number of carbonyl (C=O) groups excluding carboxylic acids is 2. The van der Waals surface area contributed by atoms with E-state index in [-0.39, 0.29) is 30.8 Å². The molecule has 6 nitrogen and oxygen atoms in total. The Bertz CT molecular complexity index is 616. The Morgan fingerprint density at radius 1 is 1.36 bits per heavy atom. The topological polar surface area (TPSA) is 79.5 Å². The Labute approximate surface area is 134 Å². The van der Waals surface area contributed by atoms with Gasteiger partial charge in [0.25, 0.3) is 11.8 Å². The number of fused-ring (bicyclic) bond motifs is 1. The van der Waals surface area contributed by atoms with Crippen LogP contribution in [0.15, 0.2) is 29.8 Å². The van der Waals surface area contributed by atoms with Crippen LogP contribution in [0, 0.1) is 0 Å². The molecule has 3 rings (SSSR count). The second kappa shape index (κ2) is 7.29. The summed E-state index contributed by atoms with van der Waals surface area (Å²) in [4.78, 5) is 23.4. The molecule has 2 amide bonds. The summed E-state index contributed by atoms with van der Waals surface area (Å²) >= 11 is 0. The van der Waals surface area contributed by atoms with Crippen molar-refractivity contribution in [1.82, 2.24) is 10.6 Å². The molecule has 118 valence electrons. The van der Waals surface area contributed by atoms with E-state index in [4.69, 9.17) is 4.74 Å². The Hall–Kier alpha value is -2.05. The van der Waals surface area contributed by atoms with Gasteiger partial charge in [-0.2, -0.15) is 0 Å². The van der Waals surface area contributed by atoms with Crippen molar-refractivity contribution < 1.29 is 14.3 Å². The smallest absolute Gasteiger partial charge is 0.262 e. The number of amides is 2. The molecule has 2 heterocycles. The van der Waals surface area contributed by atoms with Gasteiger partial charge >= 0.3 is 0 Å². The molecule has 0 radical (unpaired) electrons. The Morgan fingerprint density at radius 2 is 2.23 bits per heavy atom. The van der Waals surface area contributed by atoms with E-state index in [1.165, 1.54) is 5.57 Å². The molecule has 0 aromatic heterocycles. The normalized spacial score (nSPS) is 16.4. The first kappa shape index (κ1) is 16.3. The lowest BCUT2D eigenvalue weighted by Crippen LogP contribution is -2.30. The quantitative estimate of drug-likeness (QED) is 0.728. The maximum Gasteiger partial charge on any atom is 0.262 e. The summed E-state index contributed by atoms with van der Waals surface area (Å²) in [6.07, 6.45) is 3.05. The molecule has 1 aromatic carbocycles. The van der Waals surface area contributed by atoms with Gasteiger partial charge in [0.1, 0.15) is 5.75 Å². The second-order valence-electron chi connectivity index (χ2n) is 5.05. The van der Waals surface area contributed by atoms with E-state index >= 15 is 0 Å². The zero-order valence-electron chi connectivity index (χ0n) is 12.0. The molecule has 0 unspecified atom stereocenters. The molecule has 0 aliphatic carbocycles. The van der Waals surface area contributed by atoms with Crippen LogP contribution in [0.3, 0.4) is 0 Å². The minimum atomic E-state index is -0.208. The minimum absolute atomic E-state index is 0. The standard InChI is InChI=1S/C15H17N3O3.ClH/c19-14-9-21-13-2-1-11(7-12(13)18-14)15(20)17-8-10-3-5-16-6-4-10;/h1-3,7,16H,4-6,8-9H2,(H,17,20)(H,18,19);1H. The van der Waals surface area contributed by atoms with Crippen LogP contribution in [0.1, 0.15) is 16.8 Å². The number of hydrogen-bond donors (Lipinski definition) is 3. The average Bonchev–Trinajstić information content (AvgIpc) is 2.53. The molecule has 7 heteroatoms. The highest BCUT2D eigenvalue weighted by molar-refractivity contribution is 5.99. The third-order valence-corrected chi connectivity index (χ3v) is 3.51. The number of anilines is 1. The van der Waals surface area contributed by atoms with Gasteiger partial charge in [-0.25, -0.2) is 0 Å². The summed E-state index contributed by atoms with van der Waals surface area (Å²) in [6.45, 7) is 2.37. The lowest BCUT2D eigenvalue weighted by molar-refractivity contribution is -0.118. The zero-order chi connectivity index (χ0) is 14.7. The van der Waals surface area contributed by atoms with Gasteiger partial charge in [0.2, 0.25) is 0 Å². The van der Waals surface area contributed by atoms with Gasteiger partial charge in [-0.05, 0) is 31.2 Å². The zero-order valence-corrected chi connectivity index (χ0v) is 12.8. The largest absolute Gasteiger partial charge is 0.482 e. The number of halogens is 1. The van der Waals surface area contributed by atoms with Crippen LogP contribution in [-0.2, 0) is 4.79 Å². The molecule has 0 atom stereocenters. The number of hydrogen-bond acceptors (Lipinski definition) is 4. The predicted molar refractivity (Wildman–Crippen MR) is 85.7 cm³/mol. The third kappa shape index (κ3) is 3.78. The number of rotatable bonds is 3. The molecule has 0 saturated heterocycles. The fourth-order valence-electron chi connectivity index (χ4n) is 2.35. The minimum Gasteiger partial charge on any atom is -0.482 e. The lowest BCUT2D eigenvalue weighted by Gasteiger charge is -2.18. The van der Waals surface area contributed by atoms with Gasteiger partial charge in [0, 0.05) is 18.7 Å². The predicted octanol–water partition coefficient (Wildman–Crippen LogP) is 1.09. The first-order valence-electron chi connectivity index (χ1n) is 6.96. The van der Waals surface area contributed by atoms with Crippen LogP contribution in [-0.4, -0.2) is 38.1 Å². The number of nitrogens with one attached hydrogen (secondary N) is 3. The van der Waals surface area contributed by atoms with Crippen molar-refractivity contribution >= 4 is 29.9 Å². The molecule has 1 aromatic rings. The van der Waals surface area contributed by atoms with Crippen molar-refractivity contribution in [3.63, 3.8) is 0 Å². The number of carbonyl (C=O) groups is 2. The molecule has 3 N–H and O–H groups in total. The SMILES string of the molecule is Cl.O=C1COc2ccc(C(=O)NCC3=CCNCC3)cc2N1. The molecular formula is C15H18ClN3O3. The van der Waals surface area contributed by atoms with E-state index in [1.807, 2.05) is 0 Å². The van der Waals surface area contributed by atoms with Gasteiger partial charge < -0.3 is 20.7 Å². The molecular weight excluding hydrogens is 306 g/mol. The number of ether oxygens (including phenoxy) is 1. The van der Waals surface area contributed by atoms with Crippen LogP contribution < -0.4 is 20.7 Å². The van der Waals surface area contributed by atoms with E-state index < -0.39 is 0 Å². The lowest BCUT2D eigenvalue weighted by atomic mass is 10.1. The summed E-state index contributed by atoms with van der Waals surface area (Å²) in [6, 6.07) is 5.04. The summed E-state index contributed by atoms with van der Waals surface area (Å²) < 4.78 is 5.27. The van der Waals surface area contributed by atoms with Gasteiger partial charge in [-0.15, -0.1) is 12.4 Å². The van der Waals surface area contributed by atoms with E-state index in [1.54, 1.807) is 18.2 Å². The van der Waals surface area contributed by atoms with Crippen LogP contribution in [0.25, 0.3) is 0 Å². The van der Waals surface area contributed by atoms with E-state index in [2.05, 4.69) is 22.0 Å². The van der Waals surface area contributed by atoms with Crippen molar-refractivity contribution in [2.75, 3.05) is 31.6 Å². The Morgan fingerprint density at radius 3 is 3.00 bits per heavy atom. The third-order valence-electron chi connectivity index (χ3n) is 3.51.